The van der Waals surface area contributed by atoms with Crippen LogP contribution in [0.1, 0.15) is 0 Å². The summed E-state index contributed by atoms with van der Waals surface area (Å²) in [6, 6.07) is 4.98. The maximum absolute atomic E-state index is 12.4. The fourth-order valence-corrected chi connectivity index (χ4v) is 4.87. The number of carbonyl (C=O) groups excluding carboxylic acids is 1. The lowest BCUT2D eigenvalue weighted by molar-refractivity contribution is -0.131. The molecule has 0 saturated carbocycles. The van der Waals surface area contributed by atoms with Gasteiger partial charge in [-0.05, 0) is 17.5 Å². The molecule has 1 saturated heterocycles. The average Bonchev–Trinajstić information content (AvgIpc) is 3.18. The number of carbonyl (C=O) groups is 1. The Morgan fingerprint density at radius 3 is 2.48 bits per heavy atom. The van der Waals surface area contributed by atoms with E-state index in [1.54, 1.807) is 40.9 Å². The van der Waals surface area contributed by atoms with Crippen LogP contribution in [0.5, 0.6) is 0 Å². The zero-order valence-corrected chi connectivity index (χ0v) is 15.4. The van der Waals surface area contributed by atoms with E-state index in [9.17, 15) is 13.2 Å². The minimum absolute atomic E-state index is 0.165. The van der Waals surface area contributed by atoms with Crippen molar-refractivity contribution < 1.29 is 13.2 Å². The maximum atomic E-state index is 12.4. The highest BCUT2D eigenvalue weighted by atomic mass is 32.2. The molecule has 25 heavy (non-hydrogen) atoms. The number of sulfonamides is 1. The van der Waals surface area contributed by atoms with Gasteiger partial charge in [-0.15, -0.1) is 11.3 Å². The van der Waals surface area contributed by atoms with E-state index in [2.05, 4.69) is 9.97 Å². The quantitative estimate of drug-likeness (QED) is 0.750. The number of hydrogen-bond donors (Lipinski definition) is 0. The van der Waals surface area contributed by atoms with Crippen molar-refractivity contribution in [2.75, 3.05) is 44.7 Å². The molecular formula is C15H19N5O3S2. The van der Waals surface area contributed by atoms with Gasteiger partial charge in [0.05, 0.1) is 6.54 Å². The molecule has 0 aromatic carbocycles. The number of anilines is 1. The van der Waals surface area contributed by atoms with Crippen LogP contribution in [-0.4, -0.2) is 73.3 Å². The van der Waals surface area contributed by atoms with Crippen LogP contribution >= 0.6 is 11.3 Å². The van der Waals surface area contributed by atoms with Gasteiger partial charge in [0.1, 0.15) is 4.21 Å². The summed E-state index contributed by atoms with van der Waals surface area (Å²) in [7, 11) is -2.18. The van der Waals surface area contributed by atoms with E-state index >= 15 is 0 Å². The minimum atomic E-state index is -3.61. The Morgan fingerprint density at radius 2 is 1.88 bits per heavy atom. The van der Waals surface area contributed by atoms with Crippen LogP contribution in [0.4, 0.5) is 5.95 Å². The second-order valence-corrected chi connectivity index (χ2v) is 8.83. The maximum Gasteiger partial charge on any atom is 0.252 e. The Labute approximate surface area is 150 Å². The SMILES string of the molecule is CN(CC(=O)N1CCN(c2ncccn2)CC1)S(=O)(=O)c1cccs1. The first-order chi connectivity index (χ1) is 12.0. The van der Waals surface area contributed by atoms with Gasteiger partial charge in [0.2, 0.25) is 11.9 Å². The number of piperazine rings is 1. The monoisotopic (exact) mass is 381 g/mol. The average molecular weight is 381 g/mol. The Bertz CT molecular complexity index is 803. The highest BCUT2D eigenvalue weighted by Gasteiger charge is 2.28. The summed E-state index contributed by atoms with van der Waals surface area (Å²) >= 11 is 1.14. The second kappa shape index (κ2) is 7.46. The first-order valence-corrected chi connectivity index (χ1v) is 10.1. The molecule has 8 nitrogen and oxygen atoms in total. The van der Waals surface area contributed by atoms with Gasteiger partial charge in [0, 0.05) is 45.6 Å². The molecule has 0 atom stereocenters. The molecular weight excluding hydrogens is 362 g/mol. The summed E-state index contributed by atoms with van der Waals surface area (Å²) in [5, 5.41) is 1.70. The van der Waals surface area contributed by atoms with Crippen molar-refractivity contribution in [2.45, 2.75) is 4.21 Å². The van der Waals surface area contributed by atoms with Crippen LogP contribution in [-0.2, 0) is 14.8 Å². The highest BCUT2D eigenvalue weighted by Crippen LogP contribution is 2.20. The van der Waals surface area contributed by atoms with Crippen molar-refractivity contribution in [3.8, 4) is 0 Å². The second-order valence-electron chi connectivity index (χ2n) is 5.61. The van der Waals surface area contributed by atoms with Crippen molar-refractivity contribution in [1.29, 1.82) is 0 Å². The molecule has 134 valence electrons. The standard InChI is InChI=1S/C15H19N5O3S2/c1-18(25(22,23)14-4-2-11-24-14)12-13(21)19-7-9-20(10-8-19)15-16-5-3-6-17-15/h2-6,11H,7-10,12H2,1H3. The van der Waals surface area contributed by atoms with Gasteiger partial charge < -0.3 is 9.80 Å². The van der Waals surface area contributed by atoms with Gasteiger partial charge in [-0.2, -0.15) is 4.31 Å². The largest absolute Gasteiger partial charge is 0.338 e. The van der Waals surface area contributed by atoms with Crippen molar-refractivity contribution in [2.24, 2.45) is 0 Å². The summed E-state index contributed by atoms with van der Waals surface area (Å²) in [5.74, 6) is 0.447. The summed E-state index contributed by atoms with van der Waals surface area (Å²) in [5.41, 5.74) is 0. The molecule has 3 heterocycles. The molecule has 0 aliphatic carbocycles. The lowest BCUT2D eigenvalue weighted by atomic mass is 10.3. The molecule has 1 fully saturated rings. The van der Waals surface area contributed by atoms with Crippen molar-refractivity contribution in [3.63, 3.8) is 0 Å². The molecule has 1 aliphatic rings. The Morgan fingerprint density at radius 1 is 1.20 bits per heavy atom. The summed E-state index contributed by atoms with van der Waals surface area (Å²) in [6.07, 6.45) is 3.37. The van der Waals surface area contributed by atoms with E-state index in [0.29, 0.717) is 32.1 Å². The lowest BCUT2D eigenvalue weighted by Crippen LogP contribution is -2.51. The number of rotatable bonds is 5. The molecule has 0 spiro atoms. The third kappa shape index (κ3) is 3.97. The predicted octanol–water partition coefficient (Wildman–Crippen LogP) is 0.507. The highest BCUT2D eigenvalue weighted by molar-refractivity contribution is 7.91. The molecule has 1 aliphatic heterocycles. The molecule has 0 N–H and O–H groups in total. The molecule has 0 radical (unpaired) electrons. The van der Waals surface area contributed by atoms with E-state index in [0.717, 1.165) is 15.6 Å². The van der Waals surface area contributed by atoms with Crippen LogP contribution < -0.4 is 4.90 Å². The predicted molar refractivity (Wildman–Crippen MR) is 95.0 cm³/mol. The summed E-state index contributed by atoms with van der Waals surface area (Å²) in [6.45, 7) is 2.12. The van der Waals surface area contributed by atoms with Gasteiger partial charge in [-0.25, -0.2) is 18.4 Å². The van der Waals surface area contributed by atoms with Crippen LogP contribution in [0.25, 0.3) is 0 Å². The van der Waals surface area contributed by atoms with E-state index in [-0.39, 0.29) is 16.7 Å². The zero-order valence-electron chi connectivity index (χ0n) is 13.8. The molecule has 0 unspecified atom stereocenters. The Kier molecular flexibility index (Phi) is 5.30. The molecule has 3 rings (SSSR count). The topological polar surface area (TPSA) is 86.7 Å². The van der Waals surface area contributed by atoms with Crippen LogP contribution in [0, 0.1) is 0 Å². The summed E-state index contributed by atoms with van der Waals surface area (Å²) in [4.78, 5) is 24.5. The lowest BCUT2D eigenvalue weighted by Gasteiger charge is -2.35. The minimum Gasteiger partial charge on any atom is -0.338 e. The molecule has 2 aromatic rings. The Hall–Kier alpha value is -2.04. The van der Waals surface area contributed by atoms with Gasteiger partial charge >= 0.3 is 0 Å². The van der Waals surface area contributed by atoms with Crippen LogP contribution in [0.2, 0.25) is 0 Å². The molecule has 0 bridgehead atoms. The smallest absolute Gasteiger partial charge is 0.252 e. The number of likely N-dealkylation sites (N-methyl/N-ethyl adjacent to an activating group) is 1. The van der Waals surface area contributed by atoms with Gasteiger partial charge in [-0.1, -0.05) is 6.07 Å². The van der Waals surface area contributed by atoms with E-state index in [1.165, 1.54) is 7.05 Å². The van der Waals surface area contributed by atoms with E-state index < -0.39 is 10.0 Å². The van der Waals surface area contributed by atoms with E-state index in [1.807, 2.05) is 4.90 Å². The van der Waals surface area contributed by atoms with Gasteiger partial charge in [0.15, 0.2) is 0 Å². The fourth-order valence-electron chi connectivity index (χ4n) is 2.55. The van der Waals surface area contributed by atoms with Crippen molar-refractivity contribution >= 4 is 33.2 Å². The van der Waals surface area contributed by atoms with Crippen molar-refractivity contribution in [3.05, 3.63) is 36.0 Å². The van der Waals surface area contributed by atoms with Gasteiger partial charge in [-0.3, -0.25) is 4.79 Å². The fraction of sp³-hybridized carbons (Fsp3) is 0.400. The van der Waals surface area contributed by atoms with Crippen LogP contribution in [0.15, 0.2) is 40.2 Å². The first-order valence-electron chi connectivity index (χ1n) is 7.78. The normalized spacial score (nSPS) is 15.6. The van der Waals surface area contributed by atoms with Crippen molar-refractivity contribution in [1.82, 2.24) is 19.2 Å². The first kappa shape index (κ1) is 17.8. The van der Waals surface area contributed by atoms with Gasteiger partial charge in [0.25, 0.3) is 10.0 Å². The Balaban J connectivity index is 1.56. The number of hydrogen-bond acceptors (Lipinski definition) is 7. The van der Waals surface area contributed by atoms with E-state index in [4.69, 9.17) is 0 Å². The molecule has 10 heteroatoms. The zero-order chi connectivity index (χ0) is 17.9. The number of aromatic nitrogens is 2. The molecule has 2 aromatic heterocycles. The third-order valence-corrected chi connectivity index (χ3v) is 7.16. The number of thiophene rings is 1. The number of nitrogens with zero attached hydrogens (tertiary/aromatic N) is 5. The van der Waals surface area contributed by atoms with Crippen LogP contribution in [0.3, 0.4) is 0 Å². The third-order valence-electron chi connectivity index (χ3n) is 3.98. The summed E-state index contributed by atoms with van der Waals surface area (Å²) < 4.78 is 26.1. The molecule has 1 amide bonds. The number of amides is 1.